The van der Waals surface area contributed by atoms with E-state index in [1.807, 2.05) is 44.2 Å². The second kappa shape index (κ2) is 8.84. The Morgan fingerprint density at radius 2 is 1.72 bits per heavy atom. The summed E-state index contributed by atoms with van der Waals surface area (Å²) in [6.45, 7) is 4.43. The first-order valence-electron chi connectivity index (χ1n) is 8.38. The number of anilines is 1. The summed E-state index contributed by atoms with van der Waals surface area (Å²) in [6, 6.07) is 16.2. The van der Waals surface area contributed by atoms with E-state index >= 15 is 0 Å². The lowest BCUT2D eigenvalue weighted by Gasteiger charge is -2.21. The average Bonchev–Trinajstić information content (AvgIpc) is 2.61. The third-order valence-corrected chi connectivity index (χ3v) is 6.62. The van der Waals surface area contributed by atoms with Crippen LogP contribution in [0.3, 0.4) is 0 Å². The summed E-state index contributed by atoms with van der Waals surface area (Å²) < 4.78 is 18.5. The van der Waals surface area contributed by atoms with E-state index < -0.39 is 13.5 Å². The Bertz CT molecular complexity index is 721. The number of carbonyl (C=O) groups is 1. The number of rotatable bonds is 8. The molecule has 0 radical (unpaired) electrons. The number of nitrogens with zero attached hydrogens (tertiary/aromatic N) is 1. The zero-order chi connectivity index (χ0) is 18.3. The maximum atomic E-state index is 13.0. The molecule has 1 amide bonds. The fourth-order valence-electron chi connectivity index (χ4n) is 2.67. The zero-order valence-corrected chi connectivity index (χ0v) is 15.5. The van der Waals surface area contributed by atoms with Crippen LogP contribution in [0.15, 0.2) is 54.6 Å². The molecule has 0 aromatic heterocycles. The molecule has 6 heteroatoms. The Labute approximate surface area is 148 Å². The van der Waals surface area contributed by atoms with Crippen LogP contribution >= 0.6 is 7.37 Å². The van der Waals surface area contributed by atoms with Crippen molar-refractivity contribution in [1.82, 2.24) is 0 Å². The quantitative estimate of drug-likeness (QED) is 0.691. The summed E-state index contributed by atoms with van der Waals surface area (Å²) in [7, 11) is -2.88. The molecular weight excluding hydrogens is 337 g/mol. The Morgan fingerprint density at radius 1 is 1.08 bits per heavy atom. The molecule has 0 saturated heterocycles. The molecule has 0 aliphatic carbocycles. The smallest absolute Gasteiger partial charge is 0.412 e. The molecule has 1 N–H and O–H groups in total. The van der Waals surface area contributed by atoms with Crippen LogP contribution in [0.4, 0.5) is 10.5 Å². The molecule has 1 atom stereocenters. The number of amides is 1. The van der Waals surface area contributed by atoms with Gasteiger partial charge in [-0.3, -0.25) is 9.46 Å². The largest absolute Gasteiger partial charge is 0.465 e. The molecule has 0 spiro atoms. The topological polar surface area (TPSA) is 66.8 Å². The lowest BCUT2D eigenvalue weighted by molar-refractivity contribution is 0.201. The minimum Gasteiger partial charge on any atom is -0.465 e. The molecule has 0 fully saturated rings. The Balaban J connectivity index is 2.26. The summed E-state index contributed by atoms with van der Waals surface area (Å²) in [5.41, 5.74) is 1.44. The highest BCUT2D eigenvalue weighted by atomic mass is 31.2. The van der Waals surface area contributed by atoms with Crippen molar-refractivity contribution in [3.8, 4) is 0 Å². The number of hydrogen-bond donors (Lipinski definition) is 1. The van der Waals surface area contributed by atoms with Gasteiger partial charge in [0.05, 0.1) is 13.2 Å². The van der Waals surface area contributed by atoms with E-state index in [1.165, 1.54) is 4.90 Å². The van der Waals surface area contributed by atoms with Crippen molar-refractivity contribution >= 4 is 24.5 Å². The molecule has 2 aromatic rings. The fraction of sp³-hybridized carbons (Fsp3) is 0.316. The van der Waals surface area contributed by atoms with Crippen molar-refractivity contribution in [1.29, 1.82) is 0 Å². The van der Waals surface area contributed by atoms with Crippen molar-refractivity contribution in [2.24, 2.45) is 0 Å². The van der Waals surface area contributed by atoms with E-state index in [9.17, 15) is 14.5 Å². The van der Waals surface area contributed by atoms with E-state index in [0.29, 0.717) is 23.8 Å². The van der Waals surface area contributed by atoms with Crippen molar-refractivity contribution in [3.63, 3.8) is 0 Å². The van der Waals surface area contributed by atoms with Crippen LogP contribution in [0.25, 0.3) is 0 Å². The second-order valence-electron chi connectivity index (χ2n) is 5.69. The number of hydrogen-bond acceptors (Lipinski definition) is 3. The van der Waals surface area contributed by atoms with Gasteiger partial charge in [0.25, 0.3) is 0 Å². The summed E-state index contributed by atoms with van der Waals surface area (Å²) >= 11 is 0. The van der Waals surface area contributed by atoms with E-state index in [-0.39, 0.29) is 6.54 Å². The maximum absolute atomic E-state index is 13.0. The van der Waals surface area contributed by atoms with Gasteiger partial charge in [-0.15, -0.1) is 0 Å². The van der Waals surface area contributed by atoms with Crippen LogP contribution < -0.4 is 10.2 Å². The van der Waals surface area contributed by atoms with Gasteiger partial charge in [0.1, 0.15) is 0 Å². The normalized spacial score (nSPS) is 13.2. The predicted molar refractivity (Wildman–Crippen MR) is 101 cm³/mol. The van der Waals surface area contributed by atoms with Gasteiger partial charge in [0, 0.05) is 17.2 Å². The number of benzene rings is 2. The molecule has 25 heavy (non-hydrogen) atoms. The maximum Gasteiger partial charge on any atom is 0.412 e. The first-order chi connectivity index (χ1) is 12.0. The van der Waals surface area contributed by atoms with E-state index in [4.69, 9.17) is 4.52 Å². The van der Waals surface area contributed by atoms with Gasteiger partial charge in [0.15, 0.2) is 0 Å². The summed E-state index contributed by atoms with van der Waals surface area (Å²) in [4.78, 5) is 12.9. The Morgan fingerprint density at radius 3 is 2.24 bits per heavy atom. The van der Waals surface area contributed by atoms with Crippen molar-refractivity contribution in [2.75, 3.05) is 17.7 Å². The Hall–Kier alpha value is -2.10. The molecule has 5 nitrogen and oxygen atoms in total. The molecule has 0 aliphatic heterocycles. The van der Waals surface area contributed by atoms with Crippen LogP contribution in [0.1, 0.15) is 25.8 Å². The summed E-state index contributed by atoms with van der Waals surface area (Å²) in [6.07, 6.45) is 0.208. The van der Waals surface area contributed by atoms with Crippen LogP contribution in [0, 0.1) is 0 Å². The van der Waals surface area contributed by atoms with Crippen molar-refractivity contribution in [3.05, 3.63) is 60.2 Å². The molecule has 2 aromatic carbocycles. The minimum atomic E-state index is -2.88. The molecule has 0 saturated carbocycles. The monoisotopic (exact) mass is 361 g/mol. The third kappa shape index (κ3) is 4.94. The standard InChI is InChI=1S/C19H24NO4P/c1-3-14-25(23,24-4-2)18-12-10-17(11-13-18)20(19(21)22)15-16-8-6-5-7-9-16/h5-13H,3-4,14-15H2,1-2H3,(H,21,22). The van der Waals surface area contributed by atoms with Gasteiger partial charge in [-0.2, -0.15) is 0 Å². The summed E-state index contributed by atoms with van der Waals surface area (Å²) in [5.74, 6) is 0. The van der Waals surface area contributed by atoms with Crippen LogP contribution in [-0.2, 0) is 15.6 Å². The van der Waals surface area contributed by atoms with E-state index in [2.05, 4.69) is 0 Å². The zero-order valence-electron chi connectivity index (χ0n) is 14.6. The van der Waals surface area contributed by atoms with Gasteiger partial charge in [-0.05, 0) is 43.2 Å². The highest BCUT2D eigenvalue weighted by molar-refractivity contribution is 7.67. The molecule has 1 unspecified atom stereocenters. The van der Waals surface area contributed by atoms with Crippen molar-refractivity contribution < 1.29 is 19.0 Å². The highest BCUT2D eigenvalue weighted by Gasteiger charge is 2.25. The fourth-order valence-corrected chi connectivity index (χ4v) is 4.81. The van der Waals surface area contributed by atoms with E-state index in [0.717, 1.165) is 12.0 Å². The van der Waals surface area contributed by atoms with Crippen LogP contribution in [0.5, 0.6) is 0 Å². The van der Waals surface area contributed by atoms with Gasteiger partial charge in [-0.25, -0.2) is 4.79 Å². The molecule has 0 aliphatic rings. The molecule has 0 heterocycles. The lowest BCUT2D eigenvalue weighted by Crippen LogP contribution is -2.28. The molecule has 2 rings (SSSR count). The highest BCUT2D eigenvalue weighted by Crippen LogP contribution is 2.46. The van der Waals surface area contributed by atoms with Crippen LogP contribution in [0.2, 0.25) is 0 Å². The molecule has 134 valence electrons. The third-order valence-electron chi connectivity index (χ3n) is 3.82. The SMILES string of the molecule is CCCP(=O)(OCC)c1ccc(N(Cc2ccccc2)C(=O)O)cc1. The second-order valence-corrected chi connectivity index (χ2v) is 8.25. The first-order valence-corrected chi connectivity index (χ1v) is 10.2. The predicted octanol–water partition coefficient (Wildman–Crippen LogP) is 4.72. The molecular formula is C19H24NO4P. The van der Waals surface area contributed by atoms with E-state index in [1.54, 1.807) is 24.3 Å². The first kappa shape index (κ1) is 19.2. The van der Waals surface area contributed by atoms with Gasteiger partial charge in [0.2, 0.25) is 7.37 Å². The van der Waals surface area contributed by atoms with Gasteiger partial charge < -0.3 is 9.63 Å². The van der Waals surface area contributed by atoms with Crippen molar-refractivity contribution in [2.45, 2.75) is 26.8 Å². The minimum absolute atomic E-state index is 0.258. The number of carboxylic acid groups (broad SMARTS) is 1. The van der Waals surface area contributed by atoms with Crippen LogP contribution in [-0.4, -0.2) is 24.0 Å². The lowest BCUT2D eigenvalue weighted by atomic mass is 10.2. The average molecular weight is 361 g/mol. The van der Waals surface area contributed by atoms with Gasteiger partial charge >= 0.3 is 6.09 Å². The Kier molecular flexibility index (Phi) is 6.80. The van der Waals surface area contributed by atoms with Gasteiger partial charge in [-0.1, -0.05) is 37.3 Å². The molecule has 0 bridgehead atoms. The summed E-state index contributed by atoms with van der Waals surface area (Å²) in [5, 5.41) is 10.2.